The third-order valence-electron chi connectivity index (χ3n) is 2.66. The van der Waals surface area contributed by atoms with Crippen LogP contribution in [-0.2, 0) is 0 Å². The highest BCUT2D eigenvalue weighted by molar-refractivity contribution is 6.09. The van der Waals surface area contributed by atoms with Gasteiger partial charge in [-0.15, -0.1) is 0 Å². The number of carbonyl (C=O) groups excluding carboxylic acids is 1. The van der Waals surface area contributed by atoms with Crippen LogP contribution in [0, 0.1) is 25.2 Å². The summed E-state index contributed by atoms with van der Waals surface area (Å²) in [5.74, 6) is -0.116. The van der Waals surface area contributed by atoms with Crippen LogP contribution in [0.3, 0.4) is 0 Å². The fourth-order valence-electron chi connectivity index (χ4n) is 1.97. The molecule has 0 aliphatic heterocycles. The van der Waals surface area contributed by atoms with Crippen molar-refractivity contribution in [2.24, 2.45) is 0 Å². The molecule has 3 nitrogen and oxygen atoms in total. The maximum Gasteiger partial charge on any atom is 0.179 e. The SMILES string of the molecule is Cc1ccc2c(C(=O)CC#N)c(C)[nH]c2c1. The van der Waals surface area contributed by atoms with Gasteiger partial charge in [-0.1, -0.05) is 12.1 Å². The first-order valence-corrected chi connectivity index (χ1v) is 5.12. The fourth-order valence-corrected chi connectivity index (χ4v) is 1.97. The van der Waals surface area contributed by atoms with Crippen molar-refractivity contribution >= 4 is 16.7 Å². The number of nitrogens with zero attached hydrogens (tertiary/aromatic N) is 1. The zero-order valence-electron chi connectivity index (χ0n) is 9.29. The minimum Gasteiger partial charge on any atom is -0.358 e. The van der Waals surface area contributed by atoms with Gasteiger partial charge in [-0.3, -0.25) is 4.79 Å². The Morgan fingerprint density at radius 3 is 2.88 bits per heavy atom. The van der Waals surface area contributed by atoms with Gasteiger partial charge in [0.25, 0.3) is 0 Å². The number of Topliss-reactive ketones (excluding diaryl/α,β-unsaturated/α-hetero) is 1. The Balaban J connectivity index is 2.66. The fraction of sp³-hybridized carbons (Fsp3) is 0.231. The highest BCUT2D eigenvalue weighted by atomic mass is 16.1. The van der Waals surface area contributed by atoms with Gasteiger partial charge in [-0.2, -0.15) is 5.26 Å². The lowest BCUT2D eigenvalue weighted by Crippen LogP contribution is -1.98. The van der Waals surface area contributed by atoms with E-state index < -0.39 is 0 Å². The molecule has 0 aliphatic carbocycles. The van der Waals surface area contributed by atoms with Gasteiger partial charge in [0.15, 0.2) is 5.78 Å². The molecule has 1 aromatic heterocycles. The van der Waals surface area contributed by atoms with E-state index in [-0.39, 0.29) is 12.2 Å². The molecule has 3 heteroatoms. The van der Waals surface area contributed by atoms with Gasteiger partial charge < -0.3 is 4.98 Å². The number of benzene rings is 1. The molecule has 0 fully saturated rings. The van der Waals surface area contributed by atoms with E-state index in [9.17, 15) is 4.79 Å². The third-order valence-corrected chi connectivity index (χ3v) is 2.66. The standard InChI is InChI=1S/C13H12N2O/c1-8-3-4-10-11(7-8)15-9(2)13(10)12(16)5-6-14/h3-4,7,15H,5H2,1-2H3. The van der Waals surface area contributed by atoms with Crippen LogP contribution in [-0.4, -0.2) is 10.8 Å². The smallest absolute Gasteiger partial charge is 0.179 e. The summed E-state index contributed by atoms with van der Waals surface area (Å²) in [7, 11) is 0. The van der Waals surface area contributed by atoms with Crippen LogP contribution >= 0.6 is 0 Å². The molecule has 0 atom stereocenters. The number of aryl methyl sites for hydroxylation is 2. The highest BCUT2D eigenvalue weighted by Crippen LogP contribution is 2.24. The first kappa shape index (κ1) is 10.4. The lowest BCUT2D eigenvalue weighted by Gasteiger charge is -1.96. The lowest BCUT2D eigenvalue weighted by atomic mass is 10.0. The molecule has 0 unspecified atom stereocenters. The molecule has 2 aromatic rings. The second kappa shape index (κ2) is 3.82. The van der Waals surface area contributed by atoms with Crippen molar-refractivity contribution in [2.75, 3.05) is 0 Å². The Hall–Kier alpha value is -2.08. The lowest BCUT2D eigenvalue weighted by molar-refractivity contribution is 0.0999. The largest absolute Gasteiger partial charge is 0.358 e. The Kier molecular flexibility index (Phi) is 2.49. The molecule has 0 aliphatic rings. The van der Waals surface area contributed by atoms with E-state index in [0.29, 0.717) is 5.56 Å². The Labute approximate surface area is 93.7 Å². The van der Waals surface area contributed by atoms with E-state index in [4.69, 9.17) is 5.26 Å². The molecular formula is C13H12N2O. The summed E-state index contributed by atoms with van der Waals surface area (Å²) in [5.41, 5.74) is 3.59. The summed E-state index contributed by atoms with van der Waals surface area (Å²) >= 11 is 0. The quantitative estimate of drug-likeness (QED) is 0.778. The van der Waals surface area contributed by atoms with Crippen molar-refractivity contribution in [1.29, 1.82) is 5.26 Å². The number of nitriles is 1. The highest BCUT2D eigenvalue weighted by Gasteiger charge is 2.15. The average molecular weight is 212 g/mol. The molecule has 1 heterocycles. The van der Waals surface area contributed by atoms with Crippen molar-refractivity contribution in [3.63, 3.8) is 0 Å². The minimum atomic E-state index is -0.116. The molecule has 0 bridgehead atoms. The van der Waals surface area contributed by atoms with E-state index >= 15 is 0 Å². The Morgan fingerprint density at radius 2 is 2.19 bits per heavy atom. The molecule has 0 spiro atoms. The van der Waals surface area contributed by atoms with Crippen LogP contribution in [0.25, 0.3) is 10.9 Å². The van der Waals surface area contributed by atoms with Crippen LogP contribution in [0.1, 0.15) is 28.0 Å². The molecule has 1 aromatic carbocycles. The Morgan fingerprint density at radius 1 is 1.44 bits per heavy atom. The zero-order valence-corrected chi connectivity index (χ0v) is 9.29. The van der Waals surface area contributed by atoms with Crippen molar-refractivity contribution < 1.29 is 4.79 Å². The monoisotopic (exact) mass is 212 g/mol. The van der Waals surface area contributed by atoms with E-state index in [1.807, 2.05) is 38.1 Å². The summed E-state index contributed by atoms with van der Waals surface area (Å²) in [6, 6.07) is 7.80. The molecule has 1 N–H and O–H groups in total. The second-order valence-corrected chi connectivity index (χ2v) is 3.93. The number of nitrogens with one attached hydrogen (secondary N) is 1. The van der Waals surface area contributed by atoms with Gasteiger partial charge in [0, 0.05) is 22.2 Å². The molecule has 2 rings (SSSR count). The molecule has 16 heavy (non-hydrogen) atoms. The summed E-state index contributed by atoms with van der Waals surface area (Å²) < 4.78 is 0. The number of ketones is 1. The van der Waals surface area contributed by atoms with Crippen LogP contribution in [0.5, 0.6) is 0 Å². The number of H-pyrrole nitrogens is 1. The van der Waals surface area contributed by atoms with E-state index in [1.165, 1.54) is 0 Å². The van der Waals surface area contributed by atoms with Gasteiger partial charge >= 0.3 is 0 Å². The van der Waals surface area contributed by atoms with Crippen molar-refractivity contribution in [2.45, 2.75) is 20.3 Å². The summed E-state index contributed by atoms with van der Waals surface area (Å²) in [5, 5.41) is 9.47. The number of aromatic nitrogens is 1. The third kappa shape index (κ3) is 1.59. The van der Waals surface area contributed by atoms with Crippen LogP contribution in [0.15, 0.2) is 18.2 Å². The van der Waals surface area contributed by atoms with Crippen LogP contribution in [0.4, 0.5) is 0 Å². The summed E-state index contributed by atoms with van der Waals surface area (Å²) in [6.45, 7) is 3.87. The number of rotatable bonds is 2. The van der Waals surface area contributed by atoms with E-state index in [2.05, 4.69) is 4.98 Å². The average Bonchev–Trinajstić information content (AvgIpc) is 2.53. The minimum absolute atomic E-state index is 0.0678. The van der Waals surface area contributed by atoms with Crippen LogP contribution < -0.4 is 0 Å². The van der Waals surface area contributed by atoms with E-state index in [1.54, 1.807) is 0 Å². The Bertz CT molecular complexity index is 602. The molecule has 0 amide bonds. The number of hydrogen-bond donors (Lipinski definition) is 1. The second-order valence-electron chi connectivity index (χ2n) is 3.93. The van der Waals surface area contributed by atoms with Crippen LogP contribution in [0.2, 0.25) is 0 Å². The van der Waals surface area contributed by atoms with Crippen molar-refractivity contribution in [3.8, 4) is 6.07 Å². The van der Waals surface area contributed by atoms with Crippen molar-refractivity contribution in [1.82, 2.24) is 4.98 Å². The predicted molar refractivity (Wildman–Crippen MR) is 62.3 cm³/mol. The maximum atomic E-state index is 11.8. The molecule has 0 radical (unpaired) electrons. The molecule has 0 saturated carbocycles. The number of aromatic amines is 1. The normalized spacial score (nSPS) is 10.3. The number of fused-ring (bicyclic) bond motifs is 1. The maximum absolute atomic E-state index is 11.8. The molecule has 0 saturated heterocycles. The van der Waals surface area contributed by atoms with E-state index in [0.717, 1.165) is 22.2 Å². The van der Waals surface area contributed by atoms with Gasteiger partial charge in [-0.05, 0) is 25.5 Å². The summed E-state index contributed by atoms with van der Waals surface area (Å²) in [4.78, 5) is 15.0. The molecule has 80 valence electrons. The first-order chi connectivity index (χ1) is 7.63. The predicted octanol–water partition coefficient (Wildman–Crippen LogP) is 2.88. The van der Waals surface area contributed by atoms with Gasteiger partial charge in [0.2, 0.25) is 0 Å². The van der Waals surface area contributed by atoms with Gasteiger partial charge in [0.05, 0.1) is 12.5 Å². The molecular weight excluding hydrogens is 200 g/mol. The topological polar surface area (TPSA) is 56.6 Å². The van der Waals surface area contributed by atoms with Gasteiger partial charge in [-0.25, -0.2) is 0 Å². The van der Waals surface area contributed by atoms with Gasteiger partial charge in [0.1, 0.15) is 0 Å². The van der Waals surface area contributed by atoms with Crippen molar-refractivity contribution in [3.05, 3.63) is 35.0 Å². The number of carbonyl (C=O) groups is 1. The zero-order chi connectivity index (χ0) is 11.7. The summed E-state index contributed by atoms with van der Waals surface area (Å²) in [6.07, 6.45) is -0.0678. The first-order valence-electron chi connectivity index (χ1n) is 5.12. The number of hydrogen-bond acceptors (Lipinski definition) is 2.